The van der Waals surface area contributed by atoms with Crippen molar-refractivity contribution in [2.75, 3.05) is 46.4 Å². The lowest BCUT2D eigenvalue weighted by Gasteiger charge is -2.33. The average molecular weight is 326 g/mol. The largest absolute Gasteiger partial charge is 0.383 e. The third-order valence-electron chi connectivity index (χ3n) is 3.82. The third-order valence-corrected chi connectivity index (χ3v) is 5.72. The van der Waals surface area contributed by atoms with Crippen LogP contribution in [0.3, 0.4) is 0 Å². The van der Waals surface area contributed by atoms with Crippen molar-refractivity contribution in [3.63, 3.8) is 0 Å². The first kappa shape index (κ1) is 17.1. The van der Waals surface area contributed by atoms with Gasteiger partial charge in [0.15, 0.2) is 5.78 Å². The van der Waals surface area contributed by atoms with E-state index >= 15 is 0 Å². The molecule has 1 saturated heterocycles. The van der Waals surface area contributed by atoms with Gasteiger partial charge in [-0.05, 0) is 19.1 Å². The fourth-order valence-electron chi connectivity index (χ4n) is 2.44. The number of ketones is 1. The average Bonchev–Trinajstić information content (AvgIpc) is 2.53. The van der Waals surface area contributed by atoms with Crippen molar-refractivity contribution < 1.29 is 17.9 Å². The standard InChI is InChI=1S/C15H22N2O4S/c1-13(18)14-4-3-5-15(12-14)22(19,20)17-8-6-16(7-9-17)10-11-21-2/h3-5,12H,6-11H2,1-2H3. The number of hydrogen-bond donors (Lipinski definition) is 0. The van der Waals surface area contributed by atoms with E-state index in [0.29, 0.717) is 38.3 Å². The van der Waals surface area contributed by atoms with Gasteiger partial charge < -0.3 is 4.74 Å². The van der Waals surface area contributed by atoms with Crippen molar-refractivity contribution in [3.8, 4) is 0 Å². The van der Waals surface area contributed by atoms with Gasteiger partial charge in [-0.3, -0.25) is 9.69 Å². The van der Waals surface area contributed by atoms with Crippen LogP contribution in [0, 0.1) is 0 Å². The molecule has 1 aliphatic heterocycles. The van der Waals surface area contributed by atoms with Gasteiger partial charge in [0, 0.05) is 45.4 Å². The lowest BCUT2D eigenvalue weighted by Crippen LogP contribution is -2.49. The molecule has 1 fully saturated rings. The molecule has 1 aliphatic rings. The molecular formula is C15H22N2O4S. The Kier molecular flexibility index (Phi) is 5.69. The van der Waals surface area contributed by atoms with Crippen LogP contribution in [-0.2, 0) is 14.8 Å². The molecule has 0 aromatic heterocycles. The molecule has 2 rings (SSSR count). The van der Waals surface area contributed by atoms with E-state index in [-0.39, 0.29) is 10.7 Å². The number of carbonyl (C=O) groups is 1. The Labute approximate surface area is 131 Å². The summed E-state index contributed by atoms with van der Waals surface area (Å²) in [7, 11) is -1.88. The molecular weight excluding hydrogens is 304 g/mol. The maximum Gasteiger partial charge on any atom is 0.243 e. The summed E-state index contributed by atoms with van der Waals surface area (Å²) in [5, 5.41) is 0. The van der Waals surface area contributed by atoms with Crippen LogP contribution in [0.5, 0.6) is 0 Å². The summed E-state index contributed by atoms with van der Waals surface area (Å²) in [5.41, 5.74) is 0.416. The number of methoxy groups -OCH3 is 1. The number of hydrogen-bond acceptors (Lipinski definition) is 5. The highest BCUT2D eigenvalue weighted by atomic mass is 32.2. The Bertz CT molecular complexity index is 622. The van der Waals surface area contributed by atoms with Crippen LogP contribution in [0.2, 0.25) is 0 Å². The fraction of sp³-hybridized carbons (Fsp3) is 0.533. The van der Waals surface area contributed by atoms with Crippen LogP contribution in [0.15, 0.2) is 29.2 Å². The molecule has 0 aliphatic carbocycles. The minimum absolute atomic E-state index is 0.138. The number of benzene rings is 1. The molecule has 122 valence electrons. The molecule has 0 spiro atoms. The summed E-state index contributed by atoms with van der Waals surface area (Å²) in [6.45, 7) is 5.18. The molecule has 22 heavy (non-hydrogen) atoms. The normalized spacial score (nSPS) is 17.5. The monoisotopic (exact) mass is 326 g/mol. The van der Waals surface area contributed by atoms with Crippen molar-refractivity contribution in [1.82, 2.24) is 9.21 Å². The number of carbonyl (C=O) groups excluding carboxylic acids is 1. The summed E-state index contributed by atoms with van der Waals surface area (Å²) in [6, 6.07) is 6.23. The van der Waals surface area contributed by atoms with Gasteiger partial charge in [0.25, 0.3) is 0 Å². The maximum atomic E-state index is 12.7. The Morgan fingerprint density at radius 2 is 1.91 bits per heavy atom. The molecule has 0 bridgehead atoms. The van der Waals surface area contributed by atoms with Crippen LogP contribution < -0.4 is 0 Å². The van der Waals surface area contributed by atoms with Gasteiger partial charge >= 0.3 is 0 Å². The van der Waals surface area contributed by atoms with Crippen LogP contribution in [0.1, 0.15) is 17.3 Å². The van der Waals surface area contributed by atoms with Gasteiger partial charge in [0.2, 0.25) is 10.0 Å². The second-order valence-electron chi connectivity index (χ2n) is 5.32. The summed E-state index contributed by atoms with van der Waals surface area (Å²) in [5.74, 6) is -0.138. The number of piperazine rings is 1. The first-order valence-corrected chi connectivity index (χ1v) is 8.71. The van der Waals surface area contributed by atoms with Crippen molar-refractivity contribution in [2.45, 2.75) is 11.8 Å². The molecule has 6 nitrogen and oxygen atoms in total. The molecule has 0 N–H and O–H groups in total. The number of nitrogens with zero attached hydrogens (tertiary/aromatic N) is 2. The van der Waals surface area contributed by atoms with Gasteiger partial charge in [0.1, 0.15) is 0 Å². The van der Waals surface area contributed by atoms with Gasteiger partial charge in [-0.15, -0.1) is 0 Å². The molecule has 0 amide bonds. The van der Waals surface area contributed by atoms with Gasteiger partial charge in [-0.25, -0.2) is 8.42 Å². The topological polar surface area (TPSA) is 66.9 Å². The third kappa shape index (κ3) is 3.92. The quantitative estimate of drug-likeness (QED) is 0.725. The van der Waals surface area contributed by atoms with Crippen molar-refractivity contribution in [3.05, 3.63) is 29.8 Å². The minimum Gasteiger partial charge on any atom is -0.383 e. The van der Waals surface area contributed by atoms with Crippen LogP contribution in [0.25, 0.3) is 0 Å². The van der Waals surface area contributed by atoms with E-state index in [1.54, 1.807) is 25.3 Å². The van der Waals surface area contributed by atoms with Crippen molar-refractivity contribution in [1.29, 1.82) is 0 Å². The first-order valence-electron chi connectivity index (χ1n) is 7.27. The molecule has 7 heteroatoms. The van der Waals surface area contributed by atoms with E-state index < -0.39 is 10.0 Å². The number of rotatable bonds is 6. The SMILES string of the molecule is COCCN1CCN(S(=O)(=O)c2cccc(C(C)=O)c2)CC1. The summed E-state index contributed by atoms with van der Waals surface area (Å²) < 4.78 is 31.8. The maximum absolute atomic E-state index is 12.7. The summed E-state index contributed by atoms with van der Waals surface area (Å²) >= 11 is 0. The molecule has 0 saturated carbocycles. The highest BCUT2D eigenvalue weighted by Crippen LogP contribution is 2.19. The van der Waals surface area contributed by atoms with Gasteiger partial charge in [-0.2, -0.15) is 4.31 Å². The van der Waals surface area contributed by atoms with Gasteiger partial charge in [0.05, 0.1) is 11.5 Å². The molecule has 1 aromatic rings. The van der Waals surface area contributed by atoms with E-state index in [1.807, 2.05) is 0 Å². The number of sulfonamides is 1. The summed E-state index contributed by atoms with van der Waals surface area (Å²) in [4.78, 5) is 13.8. The van der Waals surface area contributed by atoms with E-state index in [0.717, 1.165) is 6.54 Å². The van der Waals surface area contributed by atoms with E-state index in [1.165, 1.54) is 17.3 Å². The molecule has 1 heterocycles. The van der Waals surface area contributed by atoms with E-state index in [9.17, 15) is 13.2 Å². The lowest BCUT2D eigenvalue weighted by molar-refractivity contribution is 0.101. The molecule has 0 unspecified atom stereocenters. The predicted molar refractivity (Wildman–Crippen MR) is 83.5 cm³/mol. The minimum atomic E-state index is -3.54. The zero-order chi connectivity index (χ0) is 16.2. The number of Topliss-reactive ketones (excluding diaryl/α,β-unsaturated/α-hetero) is 1. The highest BCUT2D eigenvalue weighted by molar-refractivity contribution is 7.89. The Morgan fingerprint density at radius 3 is 2.50 bits per heavy atom. The Morgan fingerprint density at radius 1 is 1.23 bits per heavy atom. The molecule has 0 radical (unpaired) electrons. The van der Waals surface area contributed by atoms with Crippen LogP contribution in [0.4, 0.5) is 0 Å². The zero-order valence-electron chi connectivity index (χ0n) is 13.0. The lowest BCUT2D eigenvalue weighted by atomic mass is 10.2. The highest BCUT2D eigenvalue weighted by Gasteiger charge is 2.28. The van der Waals surface area contributed by atoms with Crippen LogP contribution >= 0.6 is 0 Å². The van der Waals surface area contributed by atoms with E-state index in [2.05, 4.69) is 4.90 Å². The smallest absolute Gasteiger partial charge is 0.243 e. The van der Waals surface area contributed by atoms with Gasteiger partial charge in [-0.1, -0.05) is 12.1 Å². The Balaban J connectivity index is 2.08. The molecule has 0 atom stereocenters. The number of ether oxygens (including phenoxy) is 1. The van der Waals surface area contributed by atoms with Crippen molar-refractivity contribution in [2.24, 2.45) is 0 Å². The fourth-order valence-corrected chi connectivity index (χ4v) is 3.91. The predicted octanol–water partition coefficient (Wildman–Crippen LogP) is 0.842. The van der Waals surface area contributed by atoms with E-state index in [4.69, 9.17) is 4.74 Å². The second kappa shape index (κ2) is 7.32. The Hall–Kier alpha value is -1.28. The second-order valence-corrected chi connectivity index (χ2v) is 7.26. The molecule has 1 aromatic carbocycles. The van der Waals surface area contributed by atoms with Crippen LogP contribution in [-0.4, -0.2) is 69.8 Å². The zero-order valence-corrected chi connectivity index (χ0v) is 13.8. The summed E-state index contributed by atoms with van der Waals surface area (Å²) in [6.07, 6.45) is 0. The first-order chi connectivity index (χ1) is 10.4. The van der Waals surface area contributed by atoms with Crippen molar-refractivity contribution >= 4 is 15.8 Å².